The predicted octanol–water partition coefficient (Wildman–Crippen LogP) is 2.75. The molecular formula is C17H20N2O2. The van der Waals surface area contributed by atoms with Crippen molar-refractivity contribution >= 4 is 5.91 Å². The largest absolute Gasteiger partial charge is 0.497 e. The Labute approximate surface area is 124 Å². The zero-order chi connectivity index (χ0) is 14.7. The zero-order valence-corrected chi connectivity index (χ0v) is 12.2. The third-order valence-corrected chi connectivity index (χ3v) is 3.79. The van der Waals surface area contributed by atoms with Crippen LogP contribution in [0.25, 0.3) is 0 Å². The summed E-state index contributed by atoms with van der Waals surface area (Å²) in [6, 6.07) is 12.3. The van der Waals surface area contributed by atoms with Gasteiger partial charge in [-0.3, -0.25) is 4.79 Å². The summed E-state index contributed by atoms with van der Waals surface area (Å²) < 4.78 is 7.36. The minimum absolute atomic E-state index is 0.00569. The molecule has 1 aromatic heterocycles. The lowest BCUT2D eigenvalue weighted by molar-refractivity contribution is -0.121. The maximum atomic E-state index is 12.2. The van der Waals surface area contributed by atoms with Crippen molar-refractivity contribution in [1.82, 2.24) is 9.88 Å². The Morgan fingerprint density at radius 1 is 1.33 bits per heavy atom. The van der Waals surface area contributed by atoms with E-state index in [-0.39, 0.29) is 11.9 Å². The van der Waals surface area contributed by atoms with Gasteiger partial charge in [0.2, 0.25) is 5.91 Å². The average Bonchev–Trinajstić information content (AvgIpc) is 3.15. The van der Waals surface area contributed by atoms with E-state index in [1.54, 1.807) is 7.11 Å². The van der Waals surface area contributed by atoms with Crippen LogP contribution in [0, 0.1) is 0 Å². The molecule has 1 saturated carbocycles. The Bertz CT molecular complexity index is 603. The molecule has 3 rings (SSSR count). The van der Waals surface area contributed by atoms with Gasteiger partial charge in [-0.25, -0.2) is 0 Å². The maximum absolute atomic E-state index is 12.2. The highest BCUT2D eigenvalue weighted by molar-refractivity contribution is 5.77. The van der Waals surface area contributed by atoms with Crippen LogP contribution in [0.15, 0.2) is 48.8 Å². The molecule has 0 saturated heterocycles. The topological polar surface area (TPSA) is 43.3 Å². The number of hydrogen-bond acceptors (Lipinski definition) is 2. The van der Waals surface area contributed by atoms with E-state index < -0.39 is 0 Å². The molecule has 2 aromatic rings. The van der Waals surface area contributed by atoms with Crippen molar-refractivity contribution in [3.05, 3.63) is 54.4 Å². The Morgan fingerprint density at radius 2 is 2.10 bits per heavy atom. The van der Waals surface area contributed by atoms with E-state index in [1.807, 2.05) is 48.8 Å². The first-order chi connectivity index (χ1) is 10.3. The number of methoxy groups -OCH3 is 1. The van der Waals surface area contributed by atoms with E-state index in [4.69, 9.17) is 4.74 Å². The molecule has 0 spiro atoms. The van der Waals surface area contributed by atoms with Crippen LogP contribution >= 0.6 is 0 Å². The third kappa shape index (κ3) is 3.45. The van der Waals surface area contributed by atoms with Gasteiger partial charge in [0.1, 0.15) is 5.75 Å². The molecule has 1 amide bonds. The Kier molecular flexibility index (Phi) is 3.95. The van der Waals surface area contributed by atoms with Crippen molar-refractivity contribution in [2.45, 2.75) is 31.3 Å². The van der Waals surface area contributed by atoms with Gasteiger partial charge in [0.15, 0.2) is 0 Å². The highest BCUT2D eigenvalue weighted by atomic mass is 16.5. The van der Waals surface area contributed by atoms with Crippen LogP contribution in [0.3, 0.4) is 0 Å². The minimum Gasteiger partial charge on any atom is -0.497 e. The smallest absolute Gasteiger partial charge is 0.222 e. The molecule has 0 radical (unpaired) electrons. The first-order valence-corrected chi connectivity index (χ1v) is 7.32. The fourth-order valence-corrected chi connectivity index (χ4v) is 2.49. The fraction of sp³-hybridized carbons (Fsp3) is 0.353. The first-order valence-electron chi connectivity index (χ1n) is 7.32. The molecule has 21 heavy (non-hydrogen) atoms. The number of nitrogens with one attached hydrogen (secondary N) is 1. The van der Waals surface area contributed by atoms with E-state index >= 15 is 0 Å². The molecule has 0 aliphatic heterocycles. The van der Waals surface area contributed by atoms with Crippen molar-refractivity contribution in [1.29, 1.82) is 0 Å². The van der Waals surface area contributed by atoms with E-state index in [9.17, 15) is 4.79 Å². The van der Waals surface area contributed by atoms with E-state index in [0.717, 1.165) is 24.2 Å². The van der Waals surface area contributed by atoms with Crippen LogP contribution in [-0.2, 0) is 4.79 Å². The Morgan fingerprint density at radius 3 is 2.76 bits per heavy atom. The summed E-state index contributed by atoms with van der Waals surface area (Å²) in [5.74, 6) is 0.922. The van der Waals surface area contributed by atoms with Gasteiger partial charge in [-0.2, -0.15) is 0 Å². The summed E-state index contributed by atoms with van der Waals surface area (Å²) in [7, 11) is 1.66. The summed E-state index contributed by atoms with van der Waals surface area (Å²) in [5, 5.41) is 3.06. The summed E-state index contributed by atoms with van der Waals surface area (Å²) >= 11 is 0. The highest BCUT2D eigenvalue weighted by Gasteiger charge is 2.25. The molecule has 1 N–H and O–H groups in total. The fourth-order valence-electron chi connectivity index (χ4n) is 2.49. The molecule has 4 nitrogen and oxygen atoms in total. The standard InChI is InChI=1S/C17H20N2O2/c1-21-15-6-4-5-13(11-15)16(19-9-2-3-10-19)12-17(20)18-14-7-8-14/h2-6,9-11,14,16H,7-8,12H2,1H3,(H,18,20)/t16-/m0/s1. The van der Waals surface area contributed by atoms with Crippen LogP contribution < -0.4 is 10.1 Å². The van der Waals surface area contributed by atoms with Gasteiger partial charge in [0, 0.05) is 18.4 Å². The van der Waals surface area contributed by atoms with E-state index in [0.29, 0.717) is 12.5 Å². The molecule has 0 bridgehead atoms. The zero-order valence-electron chi connectivity index (χ0n) is 12.2. The third-order valence-electron chi connectivity index (χ3n) is 3.79. The summed E-state index contributed by atoms with van der Waals surface area (Å²) in [6.45, 7) is 0. The second-order valence-electron chi connectivity index (χ2n) is 5.47. The van der Waals surface area contributed by atoms with Gasteiger partial charge in [0.05, 0.1) is 19.6 Å². The quantitative estimate of drug-likeness (QED) is 0.886. The molecule has 4 heteroatoms. The van der Waals surface area contributed by atoms with Crippen molar-refractivity contribution in [2.24, 2.45) is 0 Å². The van der Waals surface area contributed by atoms with E-state index in [1.165, 1.54) is 0 Å². The maximum Gasteiger partial charge on any atom is 0.222 e. The number of benzene rings is 1. The number of ether oxygens (including phenoxy) is 1. The monoisotopic (exact) mass is 284 g/mol. The second kappa shape index (κ2) is 6.04. The van der Waals surface area contributed by atoms with Crippen LogP contribution in [0.2, 0.25) is 0 Å². The molecule has 1 aromatic carbocycles. The van der Waals surface area contributed by atoms with E-state index in [2.05, 4.69) is 9.88 Å². The molecule has 1 aliphatic carbocycles. The van der Waals surface area contributed by atoms with Gasteiger partial charge in [-0.15, -0.1) is 0 Å². The van der Waals surface area contributed by atoms with Crippen LogP contribution in [-0.4, -0.2) is 23.6 Å². The Hall–Kier alpha value is -2.23. The van der Waals surface area contributed by atoms with Gasteiger partial charge < -0.3 is 14.6 Å². The normalized spacial score (nSPS) is 15.5. The number of nitrogens with zero attached hydrogens (tertiary/aromatic N) is 1. The number of carbonyl (C=O) groups excluding carboxylic acids is 1. The van der Waals surface area contributed by atoms with Gasteiger partial charge in [-0.1, -0.05) is 12.1 Å². The molecular weight excluding hydrogens is 264 g/mol. The number of carbonyl (C=O) groups is 1. The van der Waals surface area contributed by atoms with Gasteiger partial charge in [0.25, 0.3) is 0 Å². The summed E-state index contributed by atoms with van der Waals surface area (Å²) in [4.78, 5) is 12.2. The van der Waals surface area contributed by atoms with Gasteiger partial charge >= 0.3 is 0 Å². The molecule has 1 aliphatic rings. The van der Waals surface area contributed by atoms with Crippen molar-refractivity contribution in [3.63, 3.8) is 0 Å². The van der Waals surface area contributed by atoms with Crippen molar-refractivity contribution < 1.29 is 9.53 Å². The number of aromatic nitrogens is 1. The molecule has 0 unspecified atom stereocenters. The van der Waals surface area contributed by atoms with Crippen LogP contribution in [0.5, 0.6) is 5.75 Å². The average molecular weight is 284 g/mol. The Balaban J connectivity index is 1.82. The molecule has 1 fully saturated rings. The minimum atomic E-state index is -0.00569. The van der Waals surface area contributed by atoms with Crippen molar-refractivity contribution in [3.8, 4) is 5.75 Å². The molecule has 110 valence electrons. The SMILES string of the molecule is COc1cccc([C@H](CC(=O)NC2CC2)n2cccc2)c1. The van der Waals surface area contributed by atoms with Crippen molar-refractivity contribution in [2.75, 3.05) is 7.11 Å². The van der Waals surface area contributed by atoms with Gasteiger partial charge in [-0.05, 0) is 42.7 Å². The first kappa shape index (κ1) is 13.7. The number of amides is 1. The summed E-state index contributed by atoms with van der Waals surface area (Å²) in [5.41, 5.74) is 1.08. The number of rotatable bonds is 6. The van der Waals surface area contributed by atoms with Crippen LogP contribution in [0.1, 0.15) is 30.9 Å². The summed E-state index contributed by atoms with van der Waals surface area (Å²) in [6.07, 6.45) is 6.65. The lowest BCUT2D eigenvalue weighted by Crippen LogP contribution is -2.28. The lowest BCUT2D eigenvalue weighted by Gasteiger charge is -2.20. The lowest BCUT2D eigenvalue weighted by atomic mass is 10.0. The number of hydrogen-bond donors (Lipinski definition) is 1. The molecule has 1 atom stereocenters. The molecule has 1 heterocycles. The highest BCUT2D eigenvalue weighted by Crippen LogP contribution is 2.26. The predicted molar refractivity (Wildman–Crippen MR) is 81.3 cm³/mol. The second-order valence-corrected chi connectivity index (χ2v) is 5.47. The van der Waals surface area contributed by atoms with Crippen LogP contribution in [0.4, 0.5) is 0 Å².